The summed E-state index contributed by atoms with van der Waals surface area (Å²) < 4.78 is 5.10. The molecule has 22 heavy (non-hydrogen) atoms. The Morgan fingerprint density at radius 1 is 1.23 bits per heavy atom. The largest absolute Gasteiger partial charge is 0.383 e. The number of nitrogens with one attached hydrogen (secondary N) is 1. The zero-order valence-electron chi connectivity index (χ0n) is 13.5. The van der Waals surface area contributed by atoms with Crippen LogP contribution in [0, 0.1) is 0 Å². The van der Waals surface area contributed by atoms with E-state index in [-0.39, 0.29) is 30.7 Å². The second-order valence-corrected chi connectivity index (χ2v) is 6.30. The van der Waals surface area contributed by atoms with Gasteiger partial charge in [-0.2, -0.15) is 0 Å². The van der Waals surface area contributed by atoms with Gasteiger partial charge in [-0.15, -0.1) is 24.8 Å². The standard InChI is InChI=1S/C15H29N3O2.2ClH/c1-20-12-11-18-9-5-13(6-10-18)17-14(19)15(16)7-3-2-4-8-15;;/h13H,2-12,16H2,1H3,(H,17,19);2*1H. The average molecular weight is 356 g/mol. The lowest BCUT2D eigenvalue weighted by molar-refractivity contribution is -0.128. The third-order valence-corrected chi connectivity index (χ3v) is 4.73. The Bertz CT molecular complexity index is 318. The second kappa shape index (κ2) is 10.7. The monoisotopic (exact) mass is 355 g/mol. The highest BCUT2D eigenvalue weighted by Crippen LogP contribution is 2.26. The number of nitrogens with zero attached hydrogens (tertiary/aromatic N) is 1. The van der Waals surface area contributed by atoms with E-state index in [1.165, 1.54) is 6.42 Å². The number of nitrogens with two attached hydrogens (primary N) is 1. The van der Waals surface area contributed by atoms with E-state index >= 15 is 0 Å². The molecule has 1 saturated heterocycles. The Kier molecular flexibility index (Phi) is 10.6. The molecule has 1 aliphatic carbocycles. The summed E-state index contributed by atoms with van der Waals surface area (Å²) in [6.45, 7) is 3.83. The summed E-state index contributed by atoms with van der Waals surface area (Å²) in [5.74, 6) is 0.0764. The summed E-state index contributed by atoms with van der Waals surface area (Å²) >= 11 is 0. The number of carbonyl (C=O) groups excluding carboxylic acids is 1. The van der Waals surface area contributed by atoms with E-state index in [2.05, 4.69) is 10.2 Å². The lowest BCUT2D eigenvalue weighted by Crippen LogP contribution is -2.58. The van der Waals surface area contributed by atoms with Crippen LogP contribution in [0.2, 0.25) is 0 Å². The summed E-state index contributed by atoms with van der Waals surface area (Å²) in [4.78, 5) is 14.8. The molecule has 1 aliphatic heterocycles. The number of likely N-dealkylation sites (tertiary alicyclic amines) is 1. The van der Waals surface area contributed by atoms with Crippen LogP contribution in [0.5, 0.6) is 0 Å². The number of methoxy groups -OCH3 is 1. The third-order valence-electron chi connectivity index (χ3n) is 4.73. The van der Waals surface area contributed by atoms with Gasteiger partial charge in [-0.25, -0.2) is 0 Å². The Labute approximate surface area is 146 Å². The van der Waals surface area contributed by atoms with Crippen molar-refractivity contribution in [2.75, 3.05) is 33.4 Å². The highest BCUT2D eigenvalue weighted by atomic mass is 35.5. The van der Waals surface area contributed by atoms with Crippen LogP contribution < -0.4 is 11.1 Å². The molecule has 1 saturated carbocycles. The number of rotatable bonds is 5. The van der Waals surface area contributed by atoms with Crippen LogP contribution in [-0.4, -0.2) is 55.7 Å². The molecule has 3 N–H and O–H groups in total. The Hall–Kier alpha value is -0.0700. The van der Waals surface area contributed by atoms with Crippen molar-refractivity contribution >= 4 is 30.7 Å². The van der Waals surface area contributed by atoms with E-state index in [0.717, 1.165) is 64.8 Å². The normalized spacial score (nSPS) is 22.3. The van der Waals surface area contributed by atoms with Crippen molar-refractivity contribution in [3.63, 3.8) is 0 Å². The Morgan fingerprint density at radius 3 is 2.36 bits per heavy atom. The first-order valence-corrected chi connectivity index (χ1v) is 7.95. The molecule has 5 nitrogen and oxygen atoms in total. The zero-order valence-corrected chi connectivity index (χ0v) is 15.1. The van der Waals surface area contributed by atoms with Gasteiger partial charge >= 0.3 is 0 Å². The minimum absolute atomic E-state index is 0. The van der Waals surface area contributed by atoms with E-state index < -0.39 is 5.54 Å². The third kappa shape index (κ3) is 6.20. The first kappa shape index (κ1) is 21.9. The quantitative estimate of drug-likeness (QED) is 0.787. The molecule has 0 aromatic rings. The van der Waals surface area contributed by atoms with Gasteiger partial charge in [0.05, 0.1) is 12.1 Å². The summed E-state index contributed by atoms with van der Waals surface area (Å²) in [5, 5.41) is 3.18. The Morgan fingerprint density at radius 2 is 1.82 bits per heavy atom. The first-order valence-electron chi connectivity index (χ1n) is 7.95. The van der Waals surface area contributed by atoms with Gasteiger partial charge in [-0.05, 0) is 25.7 Å². The molecule has 7 heteroatoms. The number of carbonyl (C=O) groups is 1. The van der Waals surface area contributed by atoms with Crippen LogP contribution in [0.4, 0.5) is 0 Å². The van der Waals surface area contributed by atoms with Crippen molar-refractivity contribution < 1.29 is 9.53 Å². The van der Waals surface area contributed by atoms with Crippen molar-refractivity contribution in [3.05, 3.63) is 0 Å². The van der Waals surface area contributed by atoms with Crippen molar-refractivity contribution in [3.8, 4) is 0 Å². The van der Waals surface area contributed by atoms with Crippen molar-refractivity contribution in [1.82, 2.24) is 10.2 Å². The number of amides is 1. The first-order chi connectivity index (χ1) is 9.64. The van der Waals surface area contributed by atoms with Crippen LogP contribution in [0.3, 0.4) is 0 Å². The van der Waals surface area contributed by atoms with Crippen molar-refractivity contribution in [1.29, 1.82) is 0 Å². The lowest BCUT2D eigenvalue weighted by atomic mass is 9.81. The van der Waals surface area contributed by atoms with Crippen LogP contribution >= 0.6 is 24.8 Å². The van der Waals surface area contributed by atoms with E-state index in [4.69, 9.17) is 10.5 Å². The van der Waals surface area contributed by atoms with Gasteiger partial charge in [0, 0.05) is 32.8 Å². The lowest BCUT2D eigenvalue weighted by Gasteiger charge is -2.36. The highest BCUT2D eigenvalue weighted by Gasteiger charge is 2.36. The van der Waals surface area contributed by atoms with E-state index in [9.17, 15) is 4.79 Å². The second-order valence-electron chi connectivity index (χ2n) is 6.30. The molecular weight excluding hydrogens is 325 g/mol. The minimum Gasteiger partial charge on any atom is -0.383 e. The highest BCUT2D eigenvalue weighted by molar-refractivity contribution is 5.86. The predicted octanol–water partition coefficient (Wildman–Crippen LogP) is 1.72. The molecule has 2 fully saturated rings. The molecule has 0 aromatic carbocycles. The molecule has 0 radical (unpaired) electrons. The maximum absolute atomic E-state index is 12.4. The number of piperidine rings is 1. The van der Waals surface area contributed by atoms with Crippen molar-refractivity contribution in [2.45, 2.75) is 56.5 Å². The summed E-state index contributed by atoms with van der Waals surface area (Å²) in [6.07, 6.45) is 7.09. The average Bonchev–Trinajstić information content (AvgIpc) is 2.47. The molecule has 2 rings (SSSR count). The molecular formula is C15H31Cl2N3O2. The van der Waals surface area contributed by atoms with E-state index in [0.29, 0.717) is 6.04 Å². The van der Waals surface area contributed by atoms with Crippen LogP contribution in [0.25, 0.3) is 0 Å². The molecule has 0 spiro atoms. The fourth-order valence-electron chi connectivity index (χ4n) is 3.26. The zero-order chi connectivity index (χ0) is 14.4. The summed E-state index contributed by atoms with van der Waals surface area (Å²) in [7, 11) is 1.73. The SMILES string of the molecule is COCCN1CCC(NC(=O)C2(N)CCCCC2)CC1.Cl.Cl. The summed E-state index contributed by atoms with van der Waals surface area (Å²) in [5.41, 5.74) is 5.67. The van der Waals surface area contributed by atoms with Gasteiger partial charge < -0.3 is 20.7 Å². The van der Waals surface area contributed by atoms with Gasteiger partial charge in [0.1, 0.15) is 0 Å². The summed E-state index contributed by atoms with van der Waals surface area (Å²) in [6, 6.07) is 0.295. The fraction of sp³-hybridized carbons (Fsp3) is 0.933. The number of hydrogen-bond acceptors (Lipinski definition) is 4. The van der Waals surface area contributed by atoms with E-state index in [1.807, 2.05) is 0 Å². The molecule has 0 unspecified atom stereocenters. The van der Waals surface area contributed by atoms with Crippen molar-refractivity contribution in [2.24, 2.45) is 5.73 Å². The van der Waals surface area contributed by atoms with Crippen LogP contribution in [0.15, 0.2) is 0 Å². The molecule has 0 atom stereocenters. The maximum atomic E-state index is 12.4. The smallest absolute Gasteiger partial charge is 0.240 e. The maximum Gasteiger partial charge on any atom is 0.240 e. The molecule has 0 aromatic heterocycles. The molecule has 0 bridgehead atoms. The van der Waals surface area contributed by atoms with Gasteiger partial charge in [0.2, 0.25) is 5.91 Å². The topological polar surface area (TPSA) is 67.6 Å². The molecule has 1 amide bonds. The van der Waals surface area contributed by atoms with Gasteiger partial charge in [0.15, 0.2) is 0 Å². The van der Waals surface area contributed by atoms with E-state index in [1.54, 1.807) is 7.11 Å². The van der Waals surface area contributed by atoms with Gasteiger partial charge in [-0.3, -0.25) is 4.79 Å². The number of halogens is 2. The fourth-order valence-corrected chi connectivity index (χ4v) is 3.26. The van der Waals surface area contributed by atoms with Crippen LogP contribution in [0.1, 0.15) is 44.9 Å². The van der Waals surface area contributed by atoms with Gasteiger partial charge in [0.25, 0.3) is 0 Å². The number of hydrogen-bond donors (Lipinski definition) is 2. The molecule has 2 aliphatic rings. The Balaban J connectivity index is 0.00000220. The predicted molar refractivity (Wildman–Crippen MR) is 94.0 cm³/mol. The van der Waals surface area contributed by atoms with Crippen LogP contribution in [-0.2, 0) is 9.53 Å². The van der Waals surface area contributed by atoms with Gasteiger partial charge in [-0.1, -0.05) is 19.3 Å². The number of ether oxygens (including phenoxy) is 1. The molecule has 1 heterocycles. The molecule has 132 valence electrons. The minimum atomic E-state index is -0.606.